The van der Waals surface area contributed by atoms with Crippen LogP contribution in [0.1, 0.15) is 18.5 Å². The first-order valence-electron chi connectivity index (χ1n) is 12.2. The van der Waals surface area contributed by atoms with E-state index in [2.05, 4.69) is 25.8 Å². The van der Waals surface area contributed by atoms with Crippen LogP contribution >= 0.6 is 11.3 Å². The molecule has 36 heavy (non-hydrogen) atoms. The van der Waals surface area contributed by atoms with Crippen molar-refractivity contribution in [1.29, 1.82) is 0 Å². The summed E-state index contributed by atoms with van der Waals surface area (Å²) in [5.74, 6) is 1.69. The summed E-state index contributed by atoms with van der Waals surface area (Å²) in [7, 11) is 1.66. The largest absolute Gasteiger partial charge is 0.497 e. The number of ether oxygens (including phenoxy) is 1. The van der Waals surface area contributed by atoms with Crippen molar-refractivity contribution < 1.29 is 9.53 Å². The fraction of sp³-hybridized carbons (Fsp3) is 0.286. The van der Waals surface area contributed by atoms with Crippen LogP contribution in [0.2, 0.25) is 0 Å². The Morgan fingerprint density at radius 1 is 1.06 bits per heavy atom. The quantitative estimate of drug-likeness (QED) is 0.373. The Bertz CT molecular complexity index is 1280. The first kappa shape index (κ1) is 23.9. The van der Waals surface area contributed by atoms with Crippen molar-refractivity contribution in [2.45, 2.75) is 19.3 Å². The zero-order chi connectivity index (χ0) is 24.7. The molecule has 4 aromatic rings. The number of nitrogens with one attached hydrogen (secondary N) is 1. The molecule has 1 N–H and O–H groups in total. The summed E-state index contributed by atoms with van der Waals surface area (Å²) in [4.78, 5) is 19.8. The summed E-state index contributed by atoms with van der Waals surface area (Å²) in [6, 6.07) is 21.9. The third-order valence-corrected chi connectivity index (χ3v) is 7.35. The number of hydrogen-bond acceptors (Lipinski definition) is 7. The number of methoxy groups -OCH3 is 1. The highest BCUT2D eigenvalue weighted by atomic mass is 32.1. The van der Waals surface area contributed by atoms with E-state index < -0.39 is 0 Å². The normalized spacial score (nSPS) is 15.5. The maximum atomic E-state index is 12.9. The fourth-order valence-corrected chi connectivity index (χ4v) is 5.26. The highest BCUT2D eigenvalue weighted by Gasteiger charge is 2.26. The second-order valence-electron chi connectivity index (χ2n) is 8.84. The predicted molar refractivity (Wildman–Crippen MR) is 143 cm³/mol. The van der Waals surface area contributed by atoms with Gasteiger partial charge in [-0.25, -0.2) is 4.98 Å². The number of piperidine rings is 1. The van der Waals surface area contributed by atoms with Gasteiger partial charge in [0.2, 0.25) is 5.91 Å². The van der Waals surface area contributed by atoms with E-state index in [1.54, 1.807) is 18.4 Å². The lowest BCUT2D eigenvalue weighted by Gasteiger charge is -2.32. The van der Waals surface area contributed by atoms with Gasteiger partial charge in [-0.1, -0.05) is 30.3 Å². The van der Waals surface area contributed by atoms with Gasteiger partial charge >= 0.3 is 0 Å². The zero-order valence-corrected chi connectivity index (χ0v) is 21.1. The molecule has 184 valence electrons. The molecule has 0 aliphatic carbocycles. The van der Waals surface area contributed by atoms with E-state index in [4.69, 9.17) is 9.72 Å². The van der Waals surface area contributed by atoms with Crippen molar-refractivity contribution >= 4 is 23.1 Å². The van der Waals surface area contributed by atoms with Crippen LogP contribution in [0.3, 0.4) is 0 Å². The van der Waals surface area contributed by atoms with Crippen molar-refractivity contribution in [2.24, 2.45) is 5.92 Å². The summed E-state index contributed by atoms with van der Waals surface area (Å²) >= 11 is 1.62. The van der Waals surface area contributed by atoms with Gasteiger partial charge in [-0.15, -0.1) is 21.5 Å². The zero-order valence-electron chi connectivity index (χ0n) is 20.3. The second-order valence-corrected chi connectivity index (χ2v) is 9.70. The first-order valence-corrected chi connectivity index (χ1v) is 13.1. The molecule has 0 saturated carbocycles. The van der Waals surface area contributed by atoms with Crippen LogP contribution in [-0.2, 0) is 11.2 Å². The average molecular weight is 500 g/mol. The molecular formula is C28H29N5O2S. The van der Waals surface area contributed by atoms with E-state index in [-0.39, 0.29) is 11.8 Å². The molecule has 1 fully saturated rings. The Morgan fingerprint density at radius 2 is 1.89 bits per heavy atom. The fourth-order valence-electron chi connectivity index (χ4n) is 4.40. The lowest BCUT2D eigenvalue weighted by Crippen LogP contribution is -2.43. The number of anilines is 1. The molecule has 5 rings (SSSR count). The number of benzene rings is 2. The van der Waals surface area contributed by atoms with Gasteiger partial charge in [-0.3, -0.25) is 4.79 Å². The van der Waals surface area contributed by atoms with E-state index >= 15 is 0 Å². The minimum Gasteiger partial charge on any atom is -0.497 e. The minimum atomic E-state index is -0.0559. The Kier molecular flexibility index (Phi) is 7.52. The van der Waals surface area contributed by atoms with E-state index in [0.717, 1.165) is 58.5 Å². The van der Waals surface area contributed by atoms with Crippen LogP contribution < -0.4 is 15.0 Å². The molecule has 1 saturated heterocycles. The molecule has 1 atom stereocenters. The van der Waals surface area contributed by atoms with Crippen LogP contribution in [0.25, 0.3) is 21.8 Å². The number of thiazole rings is 1. The molecule has 0 bridgehead atoms. The molecule has 1 unspecified atom stereocenters. The van der Waals surface area contributed by atoms with Gasteiger partial charge in [-0.05, 0) is 49.2 Å². The maximum Gasteiger partial charge on any atom is 0.224 e. The molecule has 8 heteroatoms. The predicted octanol–water partition coefficient (Wildman–Crippen LogP) is 4.85. The topological polar surface area (TPSA) is 80.2 Å². The van der Waals surface area contributed by atoms with Gasteiger partial charge in [0.1, 0.15) is 10.8 Å². The molecule has 2 aromatic heterocycles. The smallest absolute Gasteiger partial charge is 0.224 e. The van der Waals surface area contributed by atoms with Crippen LogP contribution in [0.4, 0.5) is 5.82 Å². The molecule has 3 heterocycles. The summed E-state index contributed by atoms with van der Waals surface area (Å²) < 4.78 is 5.22. The molecule has 2 aromatic carbocycles. The summed E-state index contributed by atoms with van der Waals surface area (Å²) in [6.45, 7) is 2.12. The molecular weight excluding hydrogens is 470 g/mol. The average Bonchev–Trinajstić information content (AvgIpc) is 3.42. The van der Waals surface area contributed by atoms with Crippen molar-refractivity contribution in [3.05, 3.63) is 77.8 Å². The second kappa shape index (κ2) is 11.3. The molecule has 1 aliphatic heterocycles. The molecule has 0 radical (unpaired) electrons. The van der Waals surface area contributed by atoms with Crippen LogP contribution in [0.15, 0.2) is 72.1 Å². The number of hydrogen-bond donors (Lipinski definition) is 1. The van der Waals surface area contributed by atoms with Gasteiger partial charge in [0.15, 0.2) is 5.82 Å². The highest BCUT2D eigenvalue weighted by molar-refractivity contribution is 7.13. The number of carbonyl (C=O) groups is 1. The summed E-state index contributed by atoms with van der Waals surface area (Å²) in [5.41, 5.74) is 3.95. The van der Waals surface area contributed by atoms with Gasteiger partial charge in [0.05, 0.1) is 24.4 Å². The van der Waals surface area contributed by atoms with Crippen molar-refractivity contribution in [3.63, 3.8) is 0 Å². The van der Waals surface area contributed by atoms with Crippen LogP contribution in [0.5, 0.6) is 5.75 Å². The maximum absolute atomic E-state index is 12.9. The van der Waals surface area contributed by atoms with E-state index in [1.807, 2.05) is 66.7 Å². The van der Waals surface area contributed by atoms with Crippen molar-refractivity contribution in [3.8, 4) is 27.6 Å². The van der Waals surface area contributed by atoms with E-state index in [1.165, 1.54) is 0 Å². The van der Waals surface area contributed by atoms with Crippen molar-refractivity contribution in [2.75, 3.05) is 31.6 Å². The number of rotatable bonds is 8. The van der Waals surface area contributed by atoms with Gasteiger partial charge in [-0.2, -0.15) is 0 Å². The highest BCUT2D eigenvalue weighted by Crippen LogP contribution is 2.26. The lowest BCUT2D eigenvalue weighted by atomic mass is 9.97. The standard InChI is InChI=1S/C28H29N5O2S/c1-35-24-11-9-21(10-12-24)28-30-23(19-36-28)15-16-29-27(34)22-8-5-17-33(18-22)26-14-13-25(31-32-26)20-6-3-2-4-7-20/h2-4,6-7,9-14,19,22H,5,8,15-18H2,1H3,(H,29,34). The Balaban J connectivity index is 1.12. The molecule has 7 nitrogen and oxygen atoms in total. The van der Waals surface area contributed by atoms with Gasteiger partial charge < -0.3 is 15.0 Å². The molecule has 0 spiro atoms. The minimum absolute atomic E-state index is 0.0559. The number of aromatic nitrogens is 3. The molecule has 1 amide bonds. The third kappa shape index (κ3) is 5.71. The lowest BCUT2D eigenvalue weighted by molar-refractivity contribution is -0.125. The number of amides is 1. The van der Waals surface area contributed by atoms with Crippen LogP contribution in [0, 0.1) is 5.92 Å². The molecule has 1 aliphatic rings. The van der Waals surface area contributed by atoms with Crippen molar-refractivity contribution in [1.82, 2.24) is 20.5 Å². The monoisotopic (exact) mass is 499 g/mol. The first-order chi connectivity index (χ1) is 17.7. The number of carbonyl (C=O) groups excluding carboxylic acids is 1. The Morgan fingerprint density at radius 3 is 2.64 bits per heavy atom. The Labute approximate surface area is 215 Å². The van der Waals surface area contributed by atoms with Gasteiger partial charge in [0, 0.05) is 42.6 Å². The summed E-state index contributed by atoms with van der Waals surface area (Å²) in [5, 5.41) is 15.0. The SMILES string of the molecule is COc1ccc(-c2nc(CCNC(=O)C3CCCN(c4ccc(-c5ccccc5)nn4)C3)cs2)cc1. The number of nitrogens with zero attached hydrogens (tertiary/aromatic N) is 4. The Hall–Kier alpha value is -3.78. The van der Waals surface area contributed by atoms with E-state index in [9.17, 15) is 4.79 Å². The van der Waals surface area contributed by atoms with Gasteiger partial charge in [0.25, 0.3) is 0 Å². The van der Waals surface area contributed by atoms with Crippen LogP contribution in [-0.4, -0.2) is 47.8 Å². The van der Waals surface area contributed by atoms with E-state index in [0.29, 0.717) is 19.5 Å². The third-order valence-electron chi connectivity index (χ3n) is 6.41. The summed E-state index contributed by atoms with van der Waals surface area (Å²) in [6.07, 6.45) is 2.55.